The van der Waals surface area contributed by atoms with Crippen LogP contribution in [0.1, 0.15) is 21.7 Å². The Labute approximate surface area is 164 Å². The van der Waals surface area contributed by atoms with Crippen molar-refractivity contribution in [2.75, 3.05) is 0 Å². The fraction of sp³-hybridized carbons (Fsp3) is 0.136. The van der Waals surface area contributed by atoms with Crippen molar-refractivity contribution in [3.63, 3.8) is 0 Å². The number of terminal acetylenes is 1. The Balaban J connectivity index is 1.91. The van der Waals surface area contributed by atoms with Crippen molar-refractivity contribution in [2.45, 2.75) is 20.4 Å². The van der Waals surface area contributed by atoms with Gasteiger partial charge in [-0.05, 0) is 43.2 Å². The zero-order valence-corrected chi connectivity index (χ0v) is 16.2. The molecule has 0 atom stereocenters. The molecule has 2 aromatic heterocycles. The van der Waals surface area contributed by atoms with Crippen molar-refractivity contribution in [1.82, 2.24) is 4.57 Å². The van der Waals surface area contributed by atoms with Gasteiger partial charge in [0.25, 0.3) is 0 Å². The first-order chi connectivity index (χ1) is 13.5. The molecule has 0 fully saturated rings. The second-order valence-electron chi connectivity index (χ2n) is 6.49. The van der Waals surface area contributed by atoms with Crippen molar-refractivity contribution in [3.05, 3.63) is 74.4 Å². The maximum Gasteiger partial charge on any atom is 0.315 e. The molecule has 6 heteroatoms. The van der Waals surface area contributed by atoms with E-state index >= 15 is 0 Å². The van der Waals surface area contributed by atoms with E-state index in [4.69, 9.17) is 10.8 Å². The van der Waals surface area contributed by atoms with Gasteiger partial charge in [0.15, 0.2) is 16.0 Å². The standard InChI is InChI=1S/C22H16N2O3S/c1-4-9-24-16-11-13(2)10-14(3)20(16)28-22(24)23-21(26)19-12-17(25)15-7-5-6-8-18(15)27-19/h1,5-8,10-12H,9H2,2-3H3. The number of rotatable bonds is 2. The molecule has 4 aromatic rings. The monoisotopic (exact) mass is 388 g/mol. The van der Waals surface area contributed by atoms with Crippen LogP contribution in [0.2, 0.25) is 0 Å². The molecule has 0 N–H and O–H groups in total. The number of aromatic nitrogens is 1. The number of fused-ring (bicyclic) bond motifs is 2. The summed E-state index contributed by atoms with van der Waals surface area (Å²) in [6, 6.07) is 12.1. The molecule has 5 nitrogen and oxygen atoms in total. The molecule has 0 saturated carbocycles. The summed E-state index contributed by atoms with van der Waals surface area (Å²) in [5.41, 5.74) is 3.21. The molecule has 0 spiro atoms. The summed E-state index contributed by atoms with van der Waals surface area (Å²) in [7, 11) is 0. The number of benzene rings is 2. The van der Waals surface area contributed by atoms with Crippen LogP contribution in [-0.2, 0) is 6.54 Å². The van der Waals surface area contributed by atoms with Crippen LogP contribution in [0.3, 0.4) is 0 Å². The topological polar surface area (TPSA) is 64.6 Å². The highest BCUT2D eigenvalue weighted by atomic mass is 32.1. The normalized spacial score (nSPS) is 11.8. The number of hydrogen-bond acceptors (Lipinski definition) is 4. The van der Waals surface area contributed by atoms with Crippen LogP contribution in [0.4, 0.5) is 0 Å². The molecule has 4 rings (SSSR count). The molecule has 2 aromatic carbocycles. The third-order valence-electron chi connectivity index (χ3n) is 4.41. The van der Waals surface area contributed by atoms with Crippen LogP contribution in [0.5, 0.6) is 0 Å². The van der Waals surface area contributed by atoms with Gasteiger partial charge in [-0.15, -0.1) is 6.42 Å². The molecule has 0 aliphatic carbocycles. The van der Waals surface area contributed by atoms with Gasteiger partial charge in [0.1, 0.15) is 5.58 Å². The minimum absolute atomic E-state index is 0.0960. The molecule has 0 unspecified atom stereocenters. The van der Waals surface area contributed by atoms with Gasteiger partial charge < -0.3 is 8.98 Å². The summed E-state index contributed by atoms with van der Waals surface area (Å²) in [4.78, 5) is 29.7. The predicted molar refractivity (Wildman–Crippen MR) is 110 cm³/mol. The van der Waals surface area contributed by atoms with Crippen molar-refractivity contribution < 1.29 is 9.21 Å². The van der Waals surface area contributed by atoms with Crippen molar-refractivity contribution in [3.8, 4) is 12.3 Å². The van der Waals surface area contributed by atoms with Gasteiger partial charge in [-0.1, -0.05) is 35.5 Å². The molecule has 2 heterocycles. The molecular weight excluding hydrogens is 372 g/mol. The first-order valence-corrected chi connectivity index (χ1v) is 9.45. The fourth-order valence-electron chi connectivity index (χ4n) is 3.19. The van der Waals surface area contributed by atoms with E-state index in [2.05, 4.69) is 17.0 Å². The Bertz CT molecular complexity index is 1410. The van der Waals surface area contributed by atoms with Gasteiger partial charge in [0.2, 0.25) is 0 Å². The van der Waals surface area contributed by atoms with E-state index in [0.29, 0.717) is 15.8 Å². The van der Waals surface area contributed by atoms with Crippen LogP contribution in [-0.4, -0.2) is 10.5 Å². The lowest BCUT2D eigenvalue weighted by molar-refractivity contribution is 0.0972. The molecule has 28 heavy (non-hydrogen) atoms. The highest BCUT2D eigenvalue weighted by Gasteiger charge is 2.14. The van der Waals surface area contributed by atoms with E-state index in [1.807, 2.05) is 24.5 Å². The quantitative estimate of drug-likeness (QED) is 0.491. The zero-order chi connectivity index (χ0) is 19.8. The lowest BCUT2D eigenvalue weighted by Gasteiger charge is -2.03. The summed E-state index contributed by atoms with van der Waals surface area (Å²) in [6.07, 6.45) is 5.53. The highest BCUT2D eigenvalue weighted by molar-refractivity contribution is 7.16. The summed E-state index contributed by atoms with van der Waals surface area (Å²) in [5, 5.41) is 0.425. The molecule has 138 valence electrons. The summed E-state index contributed by atoms with van der Waals surface area (Å²) in [6.45, 7) is 4.31. The number of hydrogen-bond donors (Lipinski definition) is 0. The Morgan fingerprint density at radius 3 is 2.82 bits per heavy atom. The second kappa shape index (κ2) is 6.95. The summed E-state index contributed by atoms with van der Waals surface area (Å²) < 4.78 is 8.46. The Morgan fingerprint density at radius 1 is 1.25 bits per heavy atom. The molecular formula is C22H16N2O3S. The average Bonchev–Trinajstić information content (AvgIpc) is 3.00. The average molecular weight is 388 g/mol. The van der Waals surface area contributed by atoms with Gasteiger partial charge in [0, 0.05) is 6.07 Å². The Hall–Kier alpha value is -3.43. The third kappa shape index (κ3) is 3.06. The van der Waals surface area contributed by atoms with E-state index in [-0.39, 0.29) is 17.7 Å². The molecule has 1 amide bonds. The largest absolute Gasteiger partial charge is 0.451 e. The maximum atomic E-state index is 12.7. The van der Waals surface area contributed by atoms with Gasteiger partial charge in [-0.25, -0.2) is 0 Å². The Kier molecular flexibility index (Phi) is 4.46. The van der Waals surface area contributed by atoms with Gasteiger partial charge in [-0.3, -0.25) is 9.59 Å². The van der Waals surface area contributed by atoms with E-state index < -0.39 is 5.91 Å². The number of para-hydroxylation sites is 1. The lowest BCUT2D eigenvalue weighted by atomic mass is 10.1. The van der Waals surface area contributed by atoms with Crippen LogP contribution < -0.4 is 10.2 Å². The molecule has 0 bridgehead atoms. The SMILES string of the molecule is C#CCn1c(=NC(=O)c2cc(=O)c3ccccc3o2)sc2c(C)cc(C)cc21. The van der Waals surface area contributed by atoms with Gasteiger partial charge >= 0.3 is 5.91 Å². The number of carbonyl (C=O) groups is 1. The van der Waals surface area contributed by atoms with Gasteiger partial charge in [0.05, 0.1) is 22.1 Å². The van der Waals surface area contributed by atoms with Crippen molar-refractivity contribution >= 4 is 38.4 Å². The minimum atomic E-state index is -0.616. The first-order valence-electron chi connectivity index (χ1n) is 8.64. The first kappa shape index (κ1) is 18.0. The Morgan fingerprint density at radius 2 is 2.04 bits per heavy atom. The van der Waals surface area contributed by atoms with E-state index in [1.165, 1.54) is 17.4 Å². The van der Waals surface area contributed by atoms with Gasteiger partial charge in [-0.2, -0.15) is 4.99 Å². The van der Waals surface area contributed by atoms with Crippen molar-refractivity contribution in [2.24, 2.45) is 4.99 Å². The summed E-state index contributed by atoms with van der Waals surface area (Å²) in [5.74, 6) is 1.90. The fourth-order valence-corrected chi connectivity index (χ4v) is 4.27. The number of thiazole rings is 1. The highest BCUT2D eigenvalue weighted by Crippen LogP contribution is 2.23. The van der Waals surface area contributed by atoms with Crippen LogP contribution >= 0.6 is 11.3 Å². The van der Waals surface area contributed by atoms with E-state index in [0.717, 1.165) is 21.3 Å². The molecule has 0 saturated heterocycles. The number of aryl methyl sites for hydroxylation is 2. The van der Waals surface area contributed by atoms with Crippen LogP contribution in [0, 0.1) is 26.2 Å². The number of nitrogens with zero attached hydrogens (tertiary/aromatic N) is 2. The number of carbonyl (C=O) groups excluding carboxylic acids is 1. The number of amides is 1. The van der Waals surface area contributed by atoms with Crippen LogP contribution in [0.25, 0.3) is 21.2 Å². The summed E-state index contributed by atoms with van der Waals surface area (Å²) >= 11 is 1.39. The second-order valence-corrected chi connectivity index (χ2v) is 7.47. The third-order valence-corrected chi connectivity index (χ3v) is 5.64. The smallest absolute Gasteiger partial charge is 0.315 e. The zero-order valence-electron chi connectivity index (χ0n) is 15.4. The molecule has 0 aliphatic heterocycles. The van der Waals surface area contributed by atoms with Crippen molar-refractivity contribution in [1.29, 1.82) is 0 Å². The van der Waals surface area contributed by atoms with Crippen LogP contribution in [0.15, 0.2) is 56.7 Å². The lowest BCUT2D eigenvalue weighted by Crippen LogP contribution is -2.17. The molecule has 0 radical (unpaired) electrons. The maximum absolute atomic E-state index is 12.7. The van der Waals surface area contributed by atoms with E-state index in [9.17, 15) is 9.59 Å². The minimum Gasteiger partial charge on any atom is -0.451 e. The van der Waals surface area contributed by atoms with E-state index in [1.54, 1.807) is 24.3 Å². The predicted octanol–water partition coefficient (Wildman–Crippen LogP) is 3.80. The molecule has 0 aliphatic rings.